The van der Waals surface area contributed by atoms with E-state index >= 15 is 0 Å². The Hall–Kier alpha value is -3.15. The highest BCUT2D eigenvalue weighted by Gasteiger charge is 2.29. The van der Waals surface area contributed by atoms with E-state index in [9.17, 15) is 9.59 Å². The molecule has 3 aromatic rings. The number of hydrogen-bond donors (Lipinski definition) is 1. The lowest BCUT2D eigenvalue weighted by atomic mass is 10.0. The highest BCUT2D eigenvalue weighted by Crippen LogP contribution is 2.25. The van der Waals surface area contributed by atoms with E-state index in [1.165, 1.54) is 0 Å². The average molecular weight is 405 g/mol. The molecule has 0 bridgehead atoms. The summed E-state index contributed by atoms with van der Waals surface area (Å²) >= 11 is 0. The second-order valence-corrected chi connectivity index (χ2v) is 8.41. The standard InChI is InChI=1S/C24H28N4O2/c1-17(2)14-21-4-3-11-28(21)24(30)20-7-5-19(6-8-20)23(29)26-16-18-9-12-27-13-10-25-22(27)15-18/h5-10,12-13,15,17,21H,3-4,11,14,16H2,1-2H3,(H,26,29). The van der Waals surface area contributed by atoms with Gasteiger partial charge in [0.2, 0.25) is 0 Å². The molecule has 4 rings (SSSR count). The molecular weight excluding hydrogens is 376 g/mol. The minimum Gasteiger partial charge on any atom is -0.348 e. The summed E-state index contributed by atoms with van der Waals surface area (Å²) in [4.78, 5) is 31.7. The quantitative estimate of drug-likeness (QED) is 0.677. The number of pyridine rings is 1. The Morgan fingerprint density at radius 1 is 1.13 bits per heavy atom. The van der Waals surface area contributed by atoms with Crippen molar-refractivity contribution in [3.8, 4) is 0 Å². The number of carbonyl (C=O) groups is 2. The summed E-state index contributed by atoms with van der Waals surface area (Å²) in [6, 6.07) is 11.2. The van der Waals surface area contributed by atoms with Crippen molar-refractivity contribution in [3.05, 3.63) is 71.7 Å². The van der Waals surface area contributed by atoms with Crippen LogP contribution in [0.25, 0.3) is 5.65 Å². The van der Waals surface area contributed by atoms with E-state index in [0.717, 1.165) is 37.0 Å². The van der Waals surface area contributed by atoms with Gasteiger partial charge in [-0.15, -0.1) is 0 Å². The fraction of sp³-hybridized carbons (Fsp3) is 0.375. The Morgan fingerprint density at radius 3 is 2.67 bits per heavy atom. The van der Waals surface area contributed by atoms with Gasteiger partial charge in [0.1, 0.15) is 5.65 Å². The minimum atomic E-state index is -0.156. The smallest absolute Gasteiger partial charge is 0.254 e. The van der Waals surface area contributed by atoms with Gasteiger partial charge in [-0.05, 0) is 67.1 Å². The summed E-state index contributed by atoms with van der Waals surface area (Å²) in [5, 5.41) is 2.93. The first kappa shape index (κ1) is 20.1. The van der Waals surface area contributed by atoms with Crippen LogP contribution in [-0.2, 0) is 6.54 Å². The number of fused-ring (bicyclic) bond motifs is 1. The van der Waals surface area contributed by atoms with Gasteiger partial charge in [0, 0.05) is 48.8 Å². The first-order valence-electron chi connectivity index (χ1n) is 10.6. The topological polar surface area (TPSA) is 66.7 Å². The highest BCUT2D eigenvalue weighted by molar-refractivity contribution is 5.98. The Bertz CT molecular complexity index is 1040. The van der Waals surface area contributed by atoms with Gasteiger partial charge in [-0.3, -0.25) is 9.59 Å². The molecule has 30 heavy (non-hydrogen) atoms. The Balaban J connectivity index is 1.37. The third kappa shape index (κ3) is 4.37. The van der Waals surface area contributed by atoms with E-state index in [4.69, 9.17) is 0 Å². The lowest BCUT2D eigenvalue weighted by Crippen LogP contribution is -2.36. The molecule has 1 saturated heterocycles. The second kappa shape index (κ2) is 8.69. The number of nitrogens with zero attached hydrogens (tertiary/aromatic N) is 3. The van der Waals surface area contributed by atoms with Gasteiger partial charge < -0.3 is 14.6 Å². The number of imidazole rings is 1. The van der Waals surface area contributed by atoms with Crippen LogP contribution < -0.4 is 5.32 Å². The molecule has 0 radical (unpaired) electrons. The molecule has 1 unspecified atom stereocenters. The molecule has 3 heterocycles. The third-order valence-corrected chi connectivity index (χ3v) is 5.69. The molecule has 1 aromatic carbocycles. The number of amides is 2. The predicted molar refractivity (Wildman–Crippen MR) is 116 cm³/mol. The zero-order valence-corrected chi connectivity index (χ0v) is 17.5. The first-order chi connectivity index (χ1) is 14.5. The maximum atomic E-state index is 12.9. The Kier molecular flexibility index (Phi) is 5.84. The maximum absolute atomic E-state index is 12.9. The van der Waals surface area contributed by atoms with Gasteiger partial charge in [0.25, 0.3) is 11.8 Å². The lowest BCUT2D eigenvalue weighted by Gasteiger charge is -2.26. The van der Waals surface area contributed by atoms with Gasteiger partial charge in [-0.25, -0.2) is 4.98 Å². The largest absolute Gasteiger partial charge is 0.348 e. The van der Waals surface area contributed by atoms with Crippen LogP contribution in [0.5, 0.6) is 0 Å². The van der Waals surface area contributed by atoms with Crippen LogP contribution in [0, 0.1) is 5.92 Å². The number of nitrogens with one attached hydrogen (secondary N) is 1. The van der Waals surface area contributed by atoms with Crippen molar-refractivity contribution in [2.75, 3.05) is 6.54 Å². The van der Waals surface area contributed by atoms with Gasteiger partial charge in [-0.2, -0.15) is 0 Å². The number of aromatic nitrogens is 2. The molecular formula is C24H28N4O2. The van der Waals surface area contributed by atoms with Gasteiger partial charge >= 0.3 is 0 Å². The van der Waals surface area contributed by atoms with Gasteiger partial charge in [-0.1, -0.05) is 13.8 Å². The predicted octanol–water partition coefficient (Wildman–Crippen LogP) is 3.92. The number of carbonyl (C=O) groups excluding carboxylic acids is 2. The van der Waals surface area contributed by atoms with Crippen LogP contribution in [0.15, 0.2) is 55.0 Å². The summed E-state index contributed by atoms with van der Waals surface area (Å²) in [6.45, 7) is 5.64. The van der Waals surface area contributed by atoms with Crippen LogP contribution in [-0.4, -0.2) is 38.7 Å². The summed E-state index contributed by atoms with van der Waals surface area (Å²) < 4.78 is 1.92. The number of rotatable bonds is 6. The fourth-order valence-electron chi connectivity index (χ4n) is 4.17. The molecule has 1 N–H and O–H groups in total. The molecule has 1 fully saturated rings. The highest BCUT2D eigenvalue weighted by atomic mass is 16.2. The summed E-state index contributed by atoms with van der Waals surface area (Å²) in [5.74, 6) is 0.484. The molecule has 1 aliphatic heterocycles. The zero-order valence-electron chi connectivity index (χ0n) is 17.5. The summed E-state index contributed by atoms with van der Waals surface area (Å²) in [7, 11) is 0. The monoisotopic (exact) mass is 404 g/mol. The third-order valence-electron chi connectivity index (χ3n) is 5.69. The summed E-state index contributed by atoms with van der Waals surface area (Å²) in [5.41, 5.74) is 3.03. The molecule has 2 aromatic heterocycles. The molecule has 156 valence electrons. The van der Waals surface area contributed by atoms with E-state index in [1.54, 1.807) is 30.5 Å². The molecule has 0 spiro atoms. The minimum absolute atomic E-state index is 0.0677. The number of likely N-dealkylation sites (tertiary alicyclic amines) is 1. The van der Waals surface area contributed by atoms with Crippen LogP contribution in [0.3, 0.4) is 0 Å². The first-order valence-corrected chi connectivity index (χ1v) is 10.6. The molecule has 6 nitrogen and oxygen atoms in total. The average Bonchev–Trinajstić information content (AvgIpc) is 3.40. The molecule has 2 amide bonds. The van der Waals surface area contributed by atoms with E-state index in [-0.39, 0.29) is 11.8 Å². The Labute approximate surface area is 176 Å². The van der Waals surface area contributed by atoms with Crippen LogP contribution >= 0.6 is 0 Å². The maximum Gasteiger partial charge on any atom is 0.254 e. The Morgan fingerprint density at radius 2 is 1.90 bits per heavy atom. The van der Waals surface area contributed by atoms with E-state index in [2.05, 4.69) is 24.1 Å². The van der Waals surface area contributed by atoms with Gasteiger partial charge in [0.05, 0.1) is 0 Å². The van der Waals surface area contributed by atoms with Crippen LogP contribution in [0.2, 0.25) is 0 Å². The van der Waals surface area contributed by atoms with E-state index in [1.807, 2.05) is 33.8 Å². The van der Waals surface area contributed by atoms with Crippen molar-refractivity contribution in [1.82, 2.24) is 19.6 Å². The van der Waals surface area contributed by atoms with Crippen LogP contribution in [0.1, 0.15) is 59.4 Å². The van der Waals surface area contributed by atoms with Crippen molar-refractivity contribution in [2.45, 2.75) is 45.7 Å². The SMILES string of the molecule is CC(C)CC1CCCN1C(=O)c1ccc(C(=O)NCc2ccn3ccnc3c2)cc1. The zero-order chi connectivity index (χ0) is 21.1. The number of benzene rings is 1. The lowest BCUT2D eigenvalue weighted by molar-refractivity contribution is 0.0721. The molecule has 1 aliphatic rings. The van der Waals surface area contributed by atoms with E-state index in [0.29, 0.717) is 29.6 Å². The van der Waals surface area contributed by atoms with Gasteiger partial charge in [0.15, 0.2) is 0 Å². The van der Waals surface area contributed by atoms with Crippen molar-refractivity contribution in [1.29, 1.82) is 0 Å². The van der Waals surface area contributed by atoms with Crippen molar-refractivity contribution >= 4 is 17.5 Å². The number of hydrogen-bond acceptors (Lipinski definition) is 3. The van der Waals surface area contributed by atoms with Crippen molar-refractivity contribution in [2.24, 2.45) is 5.92 Å². The fourth-order valence-corrected chi connectivity index (χ4v) is 4.17. The van der Waals surface area contributed by atoms with E-state index < -0.39 is 0 Å². The normalized spacial score (nSPS) is 16.4. The molecule has 1 atom stereocenters. The summed E-state index contributed by atoms with van der Waals surface area (Å²) in [6.07, 6.45) is 8.73. The second-order valence-electron chi connectivity index (χ2n) is 8.41. The molecule has 0 saturated carbocycles. The van der Waals surface area contributed by atoms with Crippen LogP contribution in [0.4, 0.5) is 0 Å². The van der Waals surface area contributed by atoms with Crippen molar-refractivity contribution < 1.29 is 9.59 Å². The molecule has 0 aliphatic carbocycles. The van der Waals surface area contributed by atoms with Crippen molar-refractivity contribution in [3.63, 3.8) is 0 Å². The molecule has 6 heteroatoms.